The Labute approximate surface area is 92.0 Å². The maximum Gasteiger partial charge on any atom is 0.281 e. The predicted octanol–water partition coefficient (Wildman–Crippen LogP) is -0.492. The van der Waals surface area contributed by atoms with Crippen molar-refractivity contribution in [2.75, 3.05) is 33.7 Å². The van der Waals surface area contributed by atoms with Crippen LogP contribution >= 0.6 is 12.4 Å². The number of piperazine rings is 1. The van der Waals surface area contributed by atoms with E-state index < -0.39 is 10.2 Å². The average Bonchev–Trinajstić information content (AvgIpc) is 2.04. The Bertz CT molecular complexity index is 268. The van der Waals surface area contributed by atoms with Crippen LogP contribution in [0.1, 0.15) is 6.92 Å². The zero-order valence-corrected chi connectivity index (χ0v) is 10.4. The smallest absolute Gasteiger partial charge is 0.281 e. The van der Waals surface area contributed by atoms with Gasteiger partial charge in [-0.05, 0) is 6.92 Å². The van der Waals surface area contributed by atoms with Crippen LogP contribution < -0.4 is 5.32 Å². The molecule has 0 aromatic carbocycles. The van der Waals surface area contributed by atoms with Gasteiger partial charge in [-0.1, -0.05) is 0 Å². The first-order valence-corrected chi connectivity index (χ1v) is 5.76. The van der Waals surface area contributed by atoms with E-state index in [0.717, 1.165) is 13.1 Å². The second-order valence-corrected chi connectivity index (χ2v) is 5.55. The van der Waals surface area contributed by atoms with Gasteiger partial charge in [0.25, 0.3) is 10.2 Å². The molecule has 14 heavy (non-hydrogen) atoms. The van der Waals surface area contributed by atoms with Crippen LogP contribution in [0.15, 0.2) is 0 Å². The SMILES string of the molecule is C[C@H]1CNCCN1S(=O)(=O)N(C)C.Cl. The lowest BCUT2D eigenvalue weighted by Crippen LogP contribution is -2.54. The van der Waals surface area contributed by atoms with Gasteiger partial charge in [-0.3, -0.25) is 0 Å². The highest BCUT2D eigenvalue weighted by Gasteiger charge is 2.30. The maximum absolute atomic E-state index is 11.7. The van der Waals surface area contributed by atoms with Crippen LogP contribution in [0.3, 0.4) is 0 Å². The molecule has 1 heterocycles. The minimum atomic E-state index is -3.22. The Morgan fingerprint density at radius 2 is 2.00 bits per heavy atom. The molecule has 1 aliphatic rings. The van der Waals surface area contributed by atoms with Gasteiger partial charge >= 0.3 is 0 Å². The number of nitrogens with zero attached hydrogens (tertiary/aromatic N) is 2. The molecule has 1 atom stereocenters. The van der Waals surface area contributed by atoms with E-state index in [4.69, 9.17) is 0 Å². The molecule has 0 spiro atoms. The number of rotatable bonds is 2. The van der Waals surface area contributed by atoms with E-state index in [1.165, 1.54) is 8.61 Å². The lowest BCUT2D eigenvalue weighted by molar-refractivity contribution is 0.268. The fourth-order valence-electron chi connectivity index (χ4n) is 1.37. The Morgan fingerprint density at radius 1 is 1.43 bits per heavy atom. The highest BCUT2D eigenvalue weighted by atomic mass is 35.5. The highest BCUT2D eigenvalue weighted by Crippen LogP contribution is 2.10. The normalized spacial score (nSPS) is 24.7. The molecule has 1 rings (SSSR count). The van der Waals surface area contributed by atoms with Gasteiger partial charge in [0.1, 0.15) is 0 Å². The Balaban J connectivity index is 0.00000169. The van der Waals surface area contributed by atoms with Crippen molar-refractivity contribution in [1.29, 1.82) is 0 Å². The summed E-state index contributed by atoms with van der Waals surface area (Å²) >= 11 is 0. The summed E-state index contributed by atoms with van der Waals surface area (Å²) in [4.78, 5) is 0. The minimum absolute atomic E-state index is 0. The van der Waals surface area contributed by atoms with E-state index in [1.807, 2.05) is 6.92 Å². The number of nitrogens with one attached hydrogen (secondary N) is 1. The lowest BCUT2D eigenvalue weighted by atomic mass is 10.3. The van der Waals surface area contributed by atoms with Gasteiger partial charge in [0.05, 0.1) is 0 Å². The molecule has 0 aromatic heterocycles. The largest absolute Gasteiger partial charge is 0.314 e. The van der Waals surface area contributed by atoms with Crippen molar-refractivity contribution in [1.82, 2.24) is 13.9 Å². The molecule has 0 radical (unpaired) electrons. The van der Waals surface area contributed by atoms with Crippen molar-refractivity contribution < 1.29 is 8.42 Å². The summed E-state index contributed by atoms with van der Waals surface area (Å²) < 4.78 is 26.2. The van der Waals surface area contributed by atoms with Gasteiger partial charge in [-0.15, -0.1) is 12.4 Å². The highest BCUT2D eigenvalue weighted by molar-refractivity contribution is 7.86. The monoisotopic (exact) mass is 243 g/mol. The maximum atomic E-state index is 11.7. The van der Waals surface area contributed by atoms with Gasteiger partial charge in [0.15, 0.2) is 0 Å². The zero-order valence-electron chi connectivity index (χ0n) is 8.73. The third-order valence-corrected chi connectivity index (χ3v) is 4.26. The molecule has 0 aliphatic carbocycles. The molecule has 0 aromatic rings. The first kappa shape index (κ1) is 14.1. The van der Waals surface area contributed by atoms with Gasteiger partial charge in [-0.25, -0.2) is 0 Å². The van der Waals surface area contributed by atoms with Crippen LogP contribution in [-0.4, -0.2) is 56.8 Å². The van der Waals surface area contributed by atoms with Gasteiger partial charge in [-0.2, -0.15) is 17.0 Å². The van der Waals surface area contributed by atoms with Crippen molar-refractivity contribution in [2.24, 2.45) is 0 Å². The molecule has 1 aliphatic heterocycles. The van der Waals surface area contributed by atoms with Crippen molar-refractivity contribution >= 4 is 22.6 Å². The molecule has 1 fully saturated rings. The van der Waals surface area contributed by atoms with Gasteiger partial charge in [0, 0.05) is 39.8 Å². The molecule has 1 N–H and O–H groups in total. The molecule has 86 valence electrons. The summed E-state index contributed by atoms with van der Waals surface area (Å²) in [7, 11) is -0.103. The fourth-order valence-corrected chi connectivity index (χ4v) is 2.65. The zero-order chi connectivity index (χ0) is 10.1. The van der Waals surface area contributed by atoms with E-state index in [9.17, 15) is 8.42 Å². The molecule has 7 heteroatoms. The Morgan fingerprint density at radius 3 is 2.43 bits per heavy atom. The van der Waals surface area contributed by atoms with Crippen LogP contribution in [0.5, 0.6) is 0 Å². The summed E-state index contributed by atoms with van der Waals surface area (Å²) in [5.41, 5.74) is 0. The lowest BCUT2D eigenvalue weighted by Gasteiger charge is -2.34. The Kier molecular flexibility index (Phi) is 5.32. The summed E-state index contributed by atoms with van der Waals surface area (Å²) in [6.07, 6.45) is 0. The summed E-state index contributed by atoms with van der Waals surface area (Å²) in [5.74, 6) is 0. The van der Waals surface area contributed by atoms with Crippen molar-refractivity contribution in [3.63, 3.8) is 0 Å². The molecule has 0 amide bonds. The second-order valence-electron chi connectivity index (χ2n) is 3.45. The van der Waals surface area contributed by atoms with Crippen LogP contribution in [0, 0.1) is 0 Å². The Hall–Kier alpha value is 0.120. The van der Waals surface area contributed by atoms with E-state index in [1.54, 1.807) is 14.1 Å². The van der Waals surface area contributed by atoms with Crippen LogP contribution in [0.25, 0.3) is 0 Å². The van der Waals surface area contributed by atoms with E-state index in [0.29, 0.717) is 6.54 Å². The van der Waals surface area contributed by atoms with Crippen LogP contribution in [0.2, 0.25) is 0 Å². The average molecular weight is 244 g/mol. The first-order chi connectivity index (χ1) is 5.96. The van der Waals surface area contributed by atoms with E-state index in [2.05, 4.69) is 5.32 Å². The quantitative estimate of drug-likeness (QED) is 0.712. The molecular formula is C7H18ClN3O2S. The summed E-state index contributed by atoms with van der Waals surface area (Å²) in [6.45, 7) is 3.93. The predicted molar refractivity (Wildman–Crippen MR) is 58.9 cm³/mol. The summed E-state index contributed by atoms with van der Waals surface area (Å²) in [6, 6.07) is 0.0427. The third kappa shape index (κ3) is 2.80. The van der Waals surface area contributed by atoms with Crippen molar-refractivity contribution in [3.05, 3.63) is 0 Å². The molecule has 0 bridgehead atoms. The van der Waals surface area contributed by atoms with Gasteiger partial charge in [0.2, 0.25) is 0 Å². The molecule has 1 saturated heterocycles. The van der Waals surface area contributed by atoms with E-state index >= 15 is 0 Å². The van der Waals surface area contributed by atoms with Crippen molar-refractivity contribution in [3.8, 4) is 0 Å². The third-order valence-electron chi connectivity index (χ3n) is 2.20. The molecule has 5 nitrogen and oxygen atoms in total. The molecular weight excluding hydrogens is 226 g/mol. The second kappa shape index (κ2) is 5.27. The number of hydrogen-bond acceptors (Lipinski definition) is 3. The first-order valence-electron chi connectivity index (χ1n) is 4.36. The minimum Gasteiger partial charge on any atom is -0.314 e. The molecule has 0 saturated carbocycles. The summed E-state index contributed by atoms with van der Waals surface area (Å²) in [5, 5.41) is 3.15. The standard InChI is InChI=1S/C7H17N3O2S.ClH/c1-7-6-8-4-5-10(7)13(11,12)9(2)3;/h7-8H,4-6H2,1-3H3;1H/t7-;/m0./s1. The van der Waals surface area contributed by atoms with Crippen LogP contribution in [0.4, 0.5) is 0 Å². The number of hydrogen-bond donors (Lipinski definition) is 1. The van der Waals surface area contributed by atoms with Crippen LogP contribution in [-0.2, 0) is 10.2 Å². The fraction of sp³-hybridized carbons (Fsp3) is 1.00. The number of halogens is 1. The molecule has 0 unspecified atom stereocenters. The van der Waals surface area contributed by atoms with Crippen molar-refractivity contribution in [2.45, 2.75) is 13.0 Å². The van der Waals surface area contributed by atoms with Gasteiger partial charge < -0.3 is 5.32 Å². The topological polar surface area (TPSA) is 52.7 Å². The van der Waals surface area contributed by atoms with E-state index in [-0.39, 0.29) is 18.4 Å².